The Morgan fingerprint density at radius 3 is 2.59 bits per heavy atom. The molecule has 2 rings (SSSR count). The molecule has 0 aliphatic heterocycles. The lowest BCUT2D eigenvalue weighted by Crippen LogP contribution is -2.52. The summed E-state index contributed by atoms with van der Waals surface area (Å²) in [7, 11) is 0. The average Bonchev–Trinajstić information content (AvgIpc) is 3.01. The van der Waals surface area contributed by atoms with Gasteiger partial charge in [0.15, 0.2) is 5.54 Å². The first-order valence-corrected chi connectivity index (χ1v) is 6.50. The quantitative estimate of drug-likeness (QED) is 0.790. The van der Waals surface area contributed by atoms with Crippen LogP contribution >= 0.6 is 0 Å². The number of benzene rings is 1. The fraction of sp³-hybridized carbons (Fsp3) is 0.200. The highest BCUT2D eigenvalue weighted by Crippen LogP contribution is 2.21. The Morgan fingerprint density at radius 2 is 2.00 bits per heavy atom. The van der Waals surface area contributed by atoms with Crippen LogP contribution in [-0.4, -0.2) is 17.1 Å². The number of carbonyl (C=O) groups is 2. The van der Waals surface area contributed by atoms with E-state index >= 15 is 0 Å². The molecule has 0 radical (unpaired) electrons. The van der Waals surface area contributed by atoms with Crippen LogP contribution in [0.3, 0.4) is 0 Å². The summed E-state index contributed by atoms with van der Waals surface area (Å²) in [6, 6.07) is 8.21. The largest absolute Gasteiger partial charge is 0.479 e. The first-order valence-electron chi connectivity index (χ1n) is 6.50. The van der Waals surface area contributed by atoms with Crippen molar-refractivity contribution in [2.24, 2.45) is 0 Å². The molecule has 0 fully saturated rings. The van der Waals surface area contributed by atoms with E-state index in [9.17, 15) is 19.1 Å². The number of urea groups is 1. The molecular formula is C15H15FN2O4. The van der Waals surface area contributed by atoms with Crippen LogP contribution in [0.5, 0.6) is 0 Å². The summed E-state index contributed by atoms with van der Waals surface area (Å²) < 4.78 is 18.5. The highest BCUT2D eigenvalue weighted by molar-refractivity contribution is 5.86. The van der Waals surface area contributed by atoms with Crippen LogP contribution in [0.25, 0.3) is 0 Å². The zero-order valence-electron chi connectivity index (χ0n) is 11.8. The molecule has 22 heavy (non-hydrogen) atoms. The molecule has 0 aliphatic rings. The second-order valence-electron chi connectivity index (χ2n) is 4.81. The summed E-state index contributed by atoms with van der Waals surface area (Å²) in [5.74, 6) is -1.64. The Kier molecular flexibility index (Phi) is 4.45. The van der Waals surface area contributed by atoms with Gasteiger partial charge in [0.2, 0.25) is 0 Å². The number of furan rings is 1. The minimum Gasteiger partial charge on any atom is -0.479 e. The number of amides is 2. The van der Waals surface area contributed by atoms with Crippen LogP contribution in [0.2, 0.25) is 0 Å². The molecule has 116 valence electrons. The lowest BCUT2D eigenvalue weighted by Gasteiger charge is -2.24. The number of carboxylic acid groups (broad SMARTS) is 1. The van der Waals surface area contributed by atoms with E-state index < -0.39 is 23.4 Å². The fourth-order valence-corrected chi connectivity index (χ4v) is 1.87. The van der Waals surface area contributed by atoms with Crippen molar-refractivity contribution in [3.63, 3.8) is 0 Å². The lowest BCUT2D eigenvalue weighted by molar-refractivity contribution is -0.144. The molecule has 1 heterocycles. The van der Waals surface area contributed by atoms with E-state index in [4.69, 9.17) is 4.42 Å². The van der Waals surface area contributed by atoms with Crippen molar-refractivity contribution in [1.29, 1.82) is 0 Å². The fourth-order valence-electron chi connectivity index (χ4n) is 1.87. The Labute approximate surface area is 125 Å². The van der Waals surface area contributed by atoms with E-state index in [0.717, 1.165) is 0 Å². The lowest BCUT2D eigenvalue weighted by atomic mass is 9.99. The predicted molar refractivity (Wildman–Crippen MR) is 75.5 cm³/mol. The molecular weight excluding hydrogens is 291 g/mol. The van der Waals surface area contributed by atoms with Crippen molar-refractivity contribution in [2.45, 2.75) is 19.0 Å². The number of hydrogen-bond acceptors (Lipinski definition) is 3. The van der Waals surface area contributed by atoms with Gasteiger partial charge in [-0.25, -0.2) is 14.0 Å². The van der Waals surface area contributed by atoms with Gasteiger partial charge in [-0.2, -0.15) is 0 Å². The number of carboxylic acids is 1. The van der Waals surface area contributed by atoms with Gasteiger partial charge in [-0.15, -0.1) is 0 Å². The van der Waals surface area contributed by atoms with Crippen LogP contribution in [0.4, 0.5) is 9.18 Å². The standard InChI is InChI=1S/C15H15FN2O4/c1-15(13(19)20,12-7-4-8-22-12)18-14(21)17-9-10-5-2-3-6-11(10)16/h2-8H,9H2,1H3,(H,19,20)(H2,17,18,21)/t15-/m0/s1. The summed E-state index contributed by atoms with van der Waals surface area (Å²) in [5, 5.41) is 14.1. The van der Waals surface area contributed by atoms with Crippen LogP contribution in [-0.2, 0) is 16.9 Å². The molecule has 0 spiro atoms. The number of hydrogen-bond donors (Lipinski definition) is 3. The van der Waals surface area contributed by atoms with Crippen molar-refractivity contribution in [2.75, 3.05) is 0 Å². The van der Waals surface area contributed by atoms with Gasteiger partial charge >= 0.3 is 12.0 Å². The van der Waals surface area contributed by atoms with E-state index in [2.05, 4.69) is 10.6 Å². The first kappa shape index (κ1) is 15.6. The molecule has 2 amide bonds. The van der Waals surface area contributed by atoms with Crippen LogP contribution in [0.15, 0.2) is 47.1 Å². The molecule has 7 heteroatoms. The van der Waals surface area contributed by atoms with E-state index in [0.29, 0.717) is 5.56 Å². The number of carbonyl (C=O) groups excluding carboxylic acids is 1. The van der Waals surface area contributed by atoms with Crippen molar-refractivity contribution >= 4 is 12.0 Å². The molecule has 3 N–H and O–H groups in total. The molecule has 1 aromatic heterocycles. The first-order chi connectivity index (χ1) is 10.4. The van der Waals surface area contributed by atoms with E-state index in [1.54, 1.807) is 6.07 Å². The van der Waals surface area contributed by atoms with Crippen molar-refractivity contribution < 1.29 is 23.5 Å². The van der Waals surface area contributed by atoms with Gasteiger partial charge in [0, 0.05) is 12.1 Å². The number of rotatable bonds is 5. The minimum absolute atomic E-state index is 0.0631. The van der Waals surface area contributed by atoms with Crippen molar-refractivity contribution in [3.05, 3.63) is 59.8 Å². The molecule has 0 bridgehead atoms. The Hall–Kier alpha value is -2.83. The monoisotopic (exact) mass is 306 g/mol. The van der Waals surface area contributed by atoms with Gasteiger partial charge in [-0.1, -0.05) is 18.2 Å². The summed E-state index contributed by atoms with van der Waals surface area (Å²) in [5.41, 5.74) is -1.42. The molecule has 0 saturated carbocycles. The SMILES string of the molecule is C[C@@](NC(=O)NCc1ccccc1F)(C(=O)O)c1ccco1. The summed E-state index contributed by atoms with van der Waals surface area (Å²) in [6.45, 7) is 1.24. The zero-order chi connectivity index (χ0) is 16.2. The maximum atomic E-state index is 13.4. The highest BCUT2D eigenvalue weighted by atomic mass is 19.1. The maximum Gasteiger partial charge on any atom is 0.337 e. The normalized spacial score (nSPS) is 13.2. The number of aliphatic carboxylic acids is 1. The van der Waals surface area contributed by atoms with Crippen LogP contribution in [0, 0.1) is 5.82 Å². The summed E-state index contributed by atoms with van der Waals surface area (Å²) in [6.07, 6.45) is 1.31. The molecule has 1 atom stereocenters. The Bertz CT molecular complexity index is 672. The molecule has 1 aromatic carbocycles. The van der Waals surface area contributed by atoms with Crippen molar-refractivity contribution in [1.82, 2.24) is 10.6 Å². The smallest absolute Gasteiger partial charge is 0.337 e. The molecule has 0 aliphatic carbocycles. The maximum absolute atomic E-state index is 13.4. The Balaban J connectivity index is 2.04. The van der Waals surface area contributed by atoms with E-state index in [1.807, 2.05) is 0 Å². The van der Waals surface area contributed by atoms with Gasteiger partial charge in [0.25, 0.3) is 0 Å². The van der Waals surface area contributed by atoms with Crippen LogP contribution in [0.1, 0.15) is 18.2 Å². The highest BCUT2D eigenvalue weighted by Gasteiger charge is 2.39. The van der Waals surface area contributed by atoms with Gasteiger partial charge < -0.3 is 20.2 Å². The van der Waals surface area contributed by atoms with Crippen molar-refractivity contribution in [3.8, 4) is 0 Å². The van der Waals surface area contributed by atoms with Gasteiger partial charge in [-0.05, 0) is 25.1 Å². The summed E-state index contributed by atoms with van der Waals surface area (Å²) >= 11 is 0. The third kappa shape index (κ3) is 3.25. The van der Waals surface area contributed by atoms with Crippen LogP contribution < -0.4 is 10.6 Å². The molecule has 6 nitrogen and oxygen atoms in total. The zero-order valence-corrected chi connectivity index (χ0v) is 11.8. The van der Waals surface area contributed by atoms with Gasteiger partial charge in [-0.3, -0.25) is 0 Å². The third-order valence-electron chi connectivity index (χ3n) is 3.20. The van der Waals surface area contributed by atoms with E-state index in [1.165, 1.54) is 43.5 Å². The molecule has 0 saturated heterocycles. The average molecular weight is 306 g/mol. The number of halogens is 1. The third-order valence-corrected chi connectivity index (χ3v) is 3.20. The second kappa shape index (κ2) is 6.30. The topological polar surface area (TPSA) is 91.6 Å². The van der Waals surface area contributed by atoms with Gasteiger partial charge in [0.1, 0.15) is 11.6 Å². The van der Waals surface area contributed by atoms with Gasteiger partial charge in [0.05, 0.1) is 6.26 Å². The molecule has 0 unspecified atom stereocenters. The Morgan fingerprint density at radius 1 is 1.27 bits per heavy atom. The van der Waals surface area contributed by atoms with E-state index in [-0.39, 0.29) is 12.3 Å². The second-order valence-corrected chi connectivity index (χ2v) is 4.81. The number of nitrogens with one attached hydrogen (secondary N) is 2. The minimum atomic E-state index is -1.72. The summed E-state index contributed by atoms with van der Waals surface area (Å²) in [4.78, 5) is 23.3. The molecule has 2 aromatic rings. The predicted octanol–water partition coefficient (Wildman–Crippen LogP) is 2.22.